The van der Waals surface area contributed by atoms with Crippen LogP contribution in [0.1, 0.15) is 18.9 Å². The quantitative estimate of drug-likeness (QED) is 0.500. The standard InChI is InChI=1S/C15H15N3O4/c1-10(19)16-7-3-2-4-11-5-6-13-12(8-11)15(20)14(9-17-13)18(21)22/h2,4-6,8-9H,3,7H2,1H3,(H,16,19)(H,17,20). The maximum atomic E-state index is 12.0. The molecule has 2 aromatic rings. The third-order valence-corrected chi connectivity index (χ3v) is 3.08. The largest absolute Gasteiger partial charge is 0.356 e. The SMILES string of the molecule is CC(=O)NCCC=Cc1ccc2[nH]cc([N+](=O)[O-])c(=O)c2c1. The van der Waals surface area contributed by atoms with Crippen LogP contribution in [-0.2, 0) is 4.79 Å². The van der Waals surface area contributed by atoms with E-state index in [0.29, 0.717) is 18.5 Å². The first-order valence-electron chi connectivity index (χ1n) is 6.70. The molecule has 0 spiro atoms. The first kappa shape index (κ1) is 15.4. The average molecular weight is 301 g/mol. The monoisotopic (exact) mass is 301 g/mol. The second-order valence-corrected chi connectivity index (χ2v) is 4.74. The van der Waals surface area contributed by atoms with E-state index in [-0.39, 0.29) is 11.3 Å². The van der Waals surface area contributed by atoms with Gasteiger partial charge < -0.3 is 10.3 Å². The number of carbonyl (C=O) groups excluding carboxylic acids is 1. The highest BCUT2D eigenvalue weighted by atomic mass is 16.6. The Hall–Kier alpha value is -2.96. The van der Waals surface area contributed by atoms with Gasteiger partial charge in [-0.15, -0.1) is 0 Å². The Morgan fingerprint density at radius 1 is 1.45 bits per heavy atom. The normalized spacial score (nSPS) is 11.0. The van der Waals surface area contributed by atoms with Gasteiger partial charge in [-0.2, -0.15) is 0 Å². The van der Waals surface area contributed by atoms with Gasteiger partial charge in [0.05, 0.1) is 16.5 Å². The van der Waals surface area contributed by atoms with Crippen LogP contribution in [0.25, 0.3) is 17.0 Å². The second kappa shape index (κ2) is 6.66. The predicted octanol–water partition coefficient (Wildman–Crippen LogP) is 1.98. The van der Waals surface area contributed by atoms with E-state index in [1.807, 2.05) is 6.08 Å². The first-order chi connectivity index (χ1) is 10.5. The van der Waals surface area contributed by atoms with Gasteiger partial charge in [-0.05, 0) is 24.1 Å². The molecular formula is C15H15N3O4. The zero-order valence-electron chi connectivity index (χ0n) is 12.0. The highest BCUT2D eigenvalue weighted by Crippen LogP contribution is 2.15. The number of nitrogens with zero attached hydrogens (tertiary/aromatic N) is 1. The van der Waals surface area contributed by atoms with E-state index in [1.54, 1.807) is 24.3 Å². The Bertz CT molecular complexity index is 808. The van der Waals surface area contributed by atoms with E-state index in [4.69, 9.17) is 0 Å². The van der Waals surface area contributed by atoms with Gasteiger partial charge in [0.25, 0.3) is 5.43 Å². The number of nitro groups is 1. The summed E-state index contributed by atoms with van der Waals surface area (Å²) in [7, 11) is 0. The molecule has 1 heterocycles. The van der Waals surface area contributed by atoms with Gasteiger partial charge in [-0.3, -0.25) is 19.7 Å². The van der Waals surface area contributed by atoms with Crippen molar-refractivity contribution in [1.29, 1.82) is 0 Å². The smallest absolute Gasteiger partial charge is 0.332 e. The summed E-state index contributed by atoms with van der Waals surface area (Å²) in [6, 6.07) is 5.11. The summed E-state index contributed by atoms with van der Waals surface area (Å²) in [4.78, 5) is 35.6. The Kier molecular flexibility index (Phi) is 4.67. The lowest BCUT2D eigenvalue weighted by atomic mass is 10.1. The van der Waals surface area contributed by atoms with Crippen LogP contribution in [0.5, 0.6) is 0 Å². The molecular weight excluding hydrogens is 286 g/mol. The molecule has 0 aliphatic carbocycles. The number of hydrogen-bond acceptors (Lipinski definition) is 4. The van der Waals surface area contributed by atoms with Crippen LogP contribution in [-0.4, -0.2) is 22.4 Å². The molecule has 0 aliphatic heterocycles. The van der Waals surface area contributed by atoms with Crippen LogP contribution in [0.3, 0.4) is 0 Å². The Morgan fingerprint density at radius 2 is 2.23 bits per heavy atom. The van der Waals surface area contributed by atoms with E-state index in [1.165, 1.54) is 6.92 Å². The molecule has 0 unspecified atom stereocenters. The number of hydrogen-bond donors (Lipinski definition) is 2. The fourth-order valence-corrected chi connectivity index (χ4v) is 2.02. The van der Waals surface area contributed by atoms with Crippen LogP contribution in [0.2, 0.25) is 0 Å². The van der Waals surface area contributed by atoms with Gasteiger partial charge in [0.1, 0.15) is 0 Å². The van der Waals surface area contributed by atoms with E-state index >= 15 is 0 Å². The van der Waals surface area contributed by atoms with Gasteiger partial charge in [0, 0.05) is 19.0 Å². The molecule has 22 heavy (non-hydrogen) atoms. The van der Waals surface area contributed by atoms with Crippen LogP contribution in [0, 0.1) is 10.1 Å². The number of aromatic amines is 1. The number of fused-ring (bicyclic) bond motifs is 1. The molecule has 7 nitrogen and oxygen atoms in total. The van der Waals surface area contributed by atoms with E-state index < -0.39 is 16.0 Å². The van der Waals surface area contributed by atoms with Gasteiger partial charge in [0.2, 0.25) is 5.91 Å². The molecule has 1 aromatic carbocycles. The molecule has 7 heteroatoms. The Morgan fingerprint density at radius 3 is 2.91 bits per heavy atom. The predicted molar refractivity (Wildman–Crippen MR) is 83.6 cm³/mol. The van der Waals surface area contributed by atoms with Crippen LogP contribution in [0.15, 0.2) is 35.3 Å². The van der Waals surface area contributed by atoms with Gasteiger partial charge in [-0.25, -0.2) is 0 Å². The van der Waals surface area contributed by atoms with Crippen molar-refractivity contribution in [3.05, 3.63) is 56.4 Å². The molecule has 2 N–H and O–H groups in total. The number of pyridine rings is 1. The maximum Gasteiger partial charge on any atom is 0.332 e. The molecule has 0 radical (unpaired) electrons. The number of amides is 1. The number of H-pyrrole nitrogens is 1. The molecule has 0 bridgehead atoms. The molecule has 2 rings (SSSR count). The number of nitrogens with one attached hydrogen (secondary N) is 2. The Balaban J connectivity index is 2.24. The zero-order chi connectivity index (χ0) is 16.1. The van der Waals surface area contributed by atoms with Gasteiger partial charge in [-0.1, -0.05) is 18.2 Å². The van der Waals surface area contributed by atoms with Crippen LogP contribution in [0.4, 0.5) is 5.69 Å². The third kappa shape index (κ3) is 3.57. The van der Waals surface area contributed by atoms with Crippen molar-refractivity contribution in [1.82, 2.24) is 10.3 Å². The molecule has 0 atom stereocenters. The lowest BCUT2D eigenvalue weighted by Crippen LogP contribution is -2.20. The summed E-state index contributed by atoms with van der Waals surface area (Å²) in [6.45, 7) is 1.98. The second-order valence-electron chi connectivity index (χ2n) is 4.74. The zero-order valence-corrected chi connectivity index (χ0v) is 12.0. The van der Waals surface area contributed by atoms with Crippen molar-refractivity contribution >= 4 is 28.6 Å². The number of rotatable bonds is 5. The van der Waals surface area contributed by atoms with E-state index in [2.05, 4.69) is 10.3 Å². The molecule has 114 valence electrons. The van der Waals surface area contributed by atoms with Crippen molar-refractivity contribution < 1.29 is 9.72 Å². The minimum atomic E-state index is -0.700. The highest BCUT2D eigenvalue weighted by molar-refractivity contribution is 5.82. The number of benzene rings is 1. The van der Waals surface area contributed by atoms with E-state index in [0.717, 1.165) is 11.8 Å². The Labute approximate surface area is 125 Å². The summed E-state index contributed by atoms with van der Waals surface area (Å²) >= 11 is 0. The molecule has 0 aliphatic rings. The van der Waals surface area contributed by atoms with Crippen molar-refractivity contribution in [3.8, 4) is 0 Å². The lowest BCUT2D eigenvalue weighted by molar-refractivity contribution is -0.386. The van der Waals surface area contributed by atoms with Crippen LogP contribution < -0.4 is 10.7 Å². The average Bonchev–Trinajstić information content (AvgIpc) is 2.47. The third-order valence-electron chi connectivity index (χ3n) is 3.08. The van der Waals surface area contributed by atoms with E-state index in [9.17, 15) is 19.7 Å². The van der Waals surface area contributed by atoms with Crippen molar-refractivity contribution in [2.45, 2.75) is 13.3 Å². The number of aromatic nitrogens is 1. The molecule has 0 saturated heterocycles. The molecule has 1 amide bonds. The first-order valence-corrected chi connectivity index (χ1v) is 6.70. The topological polar surface area (TPSA) is 105 Å². The minimum absolute atomic E-state index is 0.0852. The van der Waals surface area contributed by atoms with Crippen molar-refractivity contribution in [2.75, 3.05) is 6.54 Å². The minimum Gasteiger partial charge on any atom is -0.356 e. The van der Waals surface area contributed by atoms with Crippen molar-refractivity contribution in [3.63, 3.8) is 0 Å². The fraction of sp³-hybridized carbons (Fsp3) is 0.200. The maximum absolute atomic E-state index is 12.0. The highest BCUT2D eigenvalue weighted by Gasteiger charge is 2.14. The van der Waals surface area contributed by atoms with Crippen LogP contribution >= 0.6 is 0 Å². The molecule has 0 saturated carbocycles. The van der Waals surface area contributed by atoms with Gasteiger partial charge in [0.15, 0.2) is 0 Å². The fourth-order valence-electron chi connectivity index (χ4n) is 2.02. The number of carbonyl (C=O) groups is 1. The summed E-state index contributed by atoms with van der Waals surface area (Å²) in [6.07, 6.45) is 5.43. The lowest BCUT2D eigenvalue weighted by Gasteiger charge is -2.00. The summed E-state index contributed by atoms with van der Waals surface area (Å²) in [5, 5.41) is 13.7. The molecule has 0 fully saturated rings. The van der Waals surface area contributed by atoms with Crippen molar-refractivity contribution in [2.24, 2.45) is 0 Å². The summed E-state index contributed by atoms with van der Waals surface area (Å²) in [5.41, 5.74) is 0.235. The molecule has 1 aromatic heterocycles. The summed E-state index contributed by atoms with van der Waals surface area (Å²) in [5.74, 6) is -0.0852. The van der Waals surface area contributed by atoms with Gasteiger partial charge >= 0.3 is 5.69 Å². The summed E-state index contributed by atoms with van der Waals surface area (Å²) < 4.78 is 0.